The molecule has 1 aliphatic carbocycles. The Bertz CT molecular complexity index is 428. The van der Waals surface area contributed by atoms with E-state index in [0.29, 0.717) is 32.0 Å². The van der Waals surface area contributed by atoms with Crippen LogP contribution >= 0.6 is 0 Å². The number of amides is 2. The van der Waals surface area contributed by atoms with Crippen molar-refractivity contribution in [2.24, 2.45) is 5.41 Å². The van der Waals surface area contributed by atoms with E-state index in [2.05, 4.69) is 11.7 Å². The van der Waals surface area contributed by atoms with Crippen molar-refractivity contribution in [2.45, 2.75) is 77.9 Å². The average molecular weight is 323 g/mol. The highest BCUT2D eigenvalue weighted by Crippen LogP contribution is 2.32. The molecular formula is C18H31N2O3. The molecule has 5 heteroatoms. The van der Waals surface area contributed by atoms with Gasteiger partial charge in [0.25, 0.3) is 0 Å². The maximum atomic E-state index is 12.6. The molecule has 0 spiro atoms. The number of carbonyl (C=O) groups is 2. The van der Waals surface area contributed by atoms with Crippen molar-refractivity contribution in [3.8, 4) is 0 Å². The van der Waals surface area contributed by atoms with E-state index in [9.17, 15) is 9.59 Å². The van der Waals surface area contributed by atoms with Crippen molar-refractivity contribution in [3.05, 3.63) is 6.42 Å². The number of ether oxygens (including phenoxy) is 1. The molecule has 1 aliphatic heterocycles. The van der Waals surface area contributed by atoms with Crippen LogP contribution in [0.1, 0.15) is 66.2 Å². The predicted octanol–water partition coefficient (Wildman–Crippen LogP) is 3.29. The molecule has 1 saturated carbocycles. The smallest absolute Gasteiger partial charge is 0.410 e. The van der Waals surface area contributed by atoms with Gasteiger partial charge in [0.15, 0.2) is 0 Å². The Hall–Kier alpha value is -1.26. The third-order valence-corrected chi connectivity index (χ3v) is 4.84. The Kier molecular flexibility index (Phi) is 5.58. The second-order valence-corrected chi connectivity index (χ2v) is 8.14. The first-order valence-electron chi connectivity index (χ1n) is 8.80. The maximum Gasteiger partial charge on any atom is 0.410 e. The lowest BCUT2D eigenvalue weighted by molar-refractivity contribution is -0.133. The highest BCUT2D eigenvalue weighted by atomic mass is 16.6. The second-order valence-electron chi connectivity index (χ2n) is 8.14. The Morgan fingerprint density at radius 2 is 1.74 bits per heavy atom. The van der Waals surface area contributed by atoms with Gasteiger partial charge < -0.3 is 15.0 Å². The van der Waals surface area contributed by atoms with Gasteiger partial charge in [0.2, 0.25) is 5.91 Å². The first-order chi connectivity index (χ1) is 10.7. The van der Waals surface area contributed by atoms with Crippen molar-refractivity contribution in [2.75, 3.05) is 13.1 Å². The summed E-state index contributed by atoms with van der Waals surface area (Å²) in [6.45, 7) is 8.79. The zero-order valence-electron chi connectivity index (χ0n) is 15.0. The first kappa shape index (κ1) is 18.1. The number of likely N-dealkylation sites (tertiary alicyclic amines) is 1. The van der Waals surface area contributed by atoms with Crippen LogP contribution in [-0.2, 0) is 9.53 Å². The molecule has 0 unspecified atom stereocenters. The van der Waals surface area contributed by atoms with E-state index in [1.54, 1.807) is 4.90 Å². The second kappa shape index (κ2) is 7.10. The minimum Gasteiger partial charge on any atom is -0.444 e. The molecule has 5 nitrogen and oxygen atoms in total. The molecule has 0 atom stereocenters. The summed E-state index contributed by atoms with van der Waals surface area (Å²) in [7, 11) is 0. The topological polar surface area (TPSA) is 58.6 Å². The van der Waals surface area contributed by atoms with Crippen molar-refractivity contribution in [1.29, 1.82) is 0 Å². The predicted molar refractivity (Wildman–Crippen MR) is 89.8 cm³/mol. The Morgan fingerprint density at radius 1 is 1.17 bits per heavy atom. The normalized spacial score (nSPS) is 22.5. The molecule has 2 aliphatic rings. The Morgan fingerprint density at radius 3 is 2.26 bits per heavy atom. The molecule has 131 valence electrons. The fourth-order valence-electron chi connectivity index (χ4n) is 3.17. The molecule has 23 heavy (non-hydrogen) atoms. The van der Waals surface area contributed by atoms with Gasteiger partial charge in [-0.05, 0) is 65.7 Å². The number of nitrogens with one attached hydrogen (secondary N) is 1. The highest BCUT2D eigenvalue weighted by molar-refractivity contribution is 5.83. The van der Waals surface area contributed by atoms with Gasteiger partial charge in [-0.3, -0.25) is 4.79 Å². The zero-order valence-corrected chi connectivity index (χ0v) is 15.0. The number of hydrogen-bond acceptors (Lipinski definition) is 3. The van der Waals surface area contributed by atoms with Crippen LogP contribution in [0, 0.1) is 11.8 Å². The minimum absolute atomic E-state index is 0.147. The number of rotatable bonds is 2. The lowest BCUT2D eigenvalue weighted by Crippen LogP contribution is -2.51. The summed E-state index contributed by atoms with van der Waals surface area (Å²) < 4.78 is 5.41. The van der Waals surface area contributed by atoms with Crippen molar-refractivity contribution in [3.63, 3.8) is 0 Å². The van der Waals surface area contributed by atoms with E-state index in [4.69, 9.17) is 4.74 Å². The summed E-state index contributed by atoms with van der Waals surface area (Å²) in [5.74, 6) is 0.147. The molecule has 2 fully saturated rings. The van der Waals surface area contributed by atoms with Crippen LogP contribution in [0.3, 0.4) is 0 Å². The van der Waals surface area contributed by atoms with E-state index in [1.807, 2.05) is 27.7 Å². The summed E-state index contributed by atoms with van der Waals surface area (Å²) in [5, 5.41) is 3.22. The third-order valence-electron chi connectivity index (χ3n) is 4.84. The van der Waals surface area contributed by atoms with E-state index < -0.39 is 5.60 Å². The maximum absolute atomic E-state index is 12.6. The highest BCUT2D eigenvalue weighted by Gasteiger charge is 2.39. The quantitative estimate of drug-likeness (QED) is 0.848. The summed E-state index contributed by atoms with van der Waals surface area (Å²) in [6.07, 6.45) is 7.68. The Labute approximate surface area is 140 Å². The van der Waals surface area contributed by atoms with Crippen molar-refractivity contribution in [1.82, 2.24) is 10.2 Å². The van der Waals surface area contributed by atoms with Gasteiger partial charge in [0.05, 0.1) is 0 Å². The standard InChI is InChI=1S/C18H31N2O3/c1-17(2,3)23-16(22)20-12-10-18(4,11-13-20)15(21)19-14-8-6-5-7-9-14/h5,14H,6-13H2,1-4H3,(H,19,21). The molecule has 0 aromatic heterocycles. The average Bonchev–Trinajstić information content (AvgIpc) is 2.47. The number of hydrogen-bond donors (Lipinski definition) is 1. The molecule has 0 aromatic carbocycles. The van der Waals surface area contributed by atoms with Gasteiger partial charge in [-0.1, -0.05) is 6.92 Å². The largest absolute Gasteiger partial charge is 0.444 e. The lowest BCUT2D eigenvalue weighted by Gasteiger charge is -2.39. The summed E-state index contributed by atoms with van der Waals surface area (Å²) in [4.78, 5) is 26.5. The molecule has 0 bridgehead atoms. The minimum atomic E-state index is -0.479. The molecule has 1 N–H and O–H groups in total. The SMILES string of the molecule is CC(C)(C)OC(=O)N1CCC(C)(C(=O)NC2CC[CH]CC2)CC1. The fourth-order valence-corrected chi connectivity index (χ4v) is 3.17. The van der Waals surface area contributed by atoms with Crippen LogP contribution < -0.4 is 5.32 Å². The first-order valence-corrected chi connectivity index (χ1v) is 8.80. The van der Waals surface area contributed by atoms with Gasteiger partial charge in [-0.15, -0.1) is 0 Å². The summed E-state index contributed by atoms with van der Waals surface area (Å²) in [5.41, 5.74) is -0.854. The van der Waals surface area contributed by atoms with Crippen LogP contribution in [0.5, 0.6) is 0 Å². The van der Waals surface area contributed by atoms with E-state index >= 15 is 0 Å². The van der Waals surface area contributed by atoms with Gasteiger partial charge in [-0.2, -0.15) is 0 Å². The number of piperidine rings is 1. The molecular weight excluding hydrogens is 292 g/mol. The van der Waals surface area contributed by atoms with Crippen molar-refractivity contribution < 1.29 is 14.3 Å². The Balaban J connectivity index is 1.83. The third kappa shape index (κ3) is 5.11. The molecule has 2 rings (SSSR count). The lowest BCUT2D eigenvalue weighted by atomic mass is 9.79. The molecule has 1 heterocycles. The summed E-state index contributed by atoms with van der Waals surface area (Å²) >= 11 is 0. The van der Waals surface area contributed by atoms with Crippen LogP contribution in [0.2, 0.25) is 0 Å². The van der Waals surface area contributed by atoms with Crippen LogP contribution in [0.25, 0.3) is 0 Å². The van der Waals surface area contributed by atoms with Crippen LogP contribution in [0.15, 0.2) is 0 Å². The van der Waals surface area contributed by atoms with Crippen LogP contribution in [-0.4, -0.2) is 41.6 Å². The monoisotopic (exact) mass is 323 g/mol. The number of carbonyl (C=O) groups excluding carboxylic acids is 2. The zero-order chi connectivity index (χ0) is 17.1. The van der Waals surface area contributed by atoms with Gasteiger partial charge in [0, 0.05) is 24.5 Å². The molecule has 0 aromatic rings. The fraction of sp³-hybridized carbons (Fsp3) is 0.833. The molecule has 1 saturated heterocycles. The molecule has 2 amide bonds. The van der Waals surface area contributed by atoms with Gasteiger partial charge in [-0.25, -0.2) is 4.79 Å². The van der Waals surface area contributed by atoms with E-state index in [1.165, 1.54) is 0 Å². The van der Waals surface area contributed by atoms with Crippen molar-refractivity contribution >= 4 is 12.0 Å². The number of nitrogens with zero attached hydrogens (tertiary/aromatic N) is 1. The van der Waals surface area contributed by atoms with Crippen LogP contribution in [0.4, 0.5) is 4.79 Å². The van der Waals surface area contributed by atoms with Gasteiger partial charge in [0.1, 0.15) is 5.60 Å². The van der Waals surface area contributed by atoms with E-state index in [0.717, 1.165) is 25.7 Å². The van der Waals surface area contributed by atoms with E-state index in [-0.39, 0.29) is 17.4 Å². The molecule has 1 radical (unpaired) electrons. The van der Waals surface area contributed by atoms with Gasteiger partial charge >= 0.3 is 6.09 Å². The summed E-state index contributed by atoms with van der Waals surface area (Å²) in [6, 6.07) is 0.313.